The molecule has 0 unspecified atom stereocenters. The first kappa shape index (κ1) is 13.3. The molecule has 0 fully saturated rings. The number of halogens is 1. The highest BCUT2D eigenvalue weighted by Gasteiger charge is 1.96. The highest BCUT2D eigenvalue weighted by Crippen LogP contribution is 2.16. The van der Waals surface area contributed by atoms with Gasteiger partial charge in [0.2, 0.25) is 0 Å². The minimum absolute atomic E-state index is 0.568. The van der Waals surface area contributed by atoms with E-state index in [1.54, 1.807) is 6.07 Å². The highest BCUT2D eigenvalue weighted by molar-refractivity contribution is 6.30. The fourth-order valence-electron chi connectivity index (χ4n) is 1.20. The lowest BCUT2D eigenvalue weighted by Crippen LogP contribution is -2.08. The van der Waals surface area contributed by atoms with Gasteiger partial charge in [-0.05, 0) is 30.5 Å². The Morgan fingerprint density at radius 2 is 2.00 bits per heavy atom. The van der Waals surface area contributed by atoms with E-state index in [4.69, 9.17) is 21.1 Å². The molecule has 90 valence electrons. The van der Waals surface area contributed by atoms with Gasteiger partial charge in [-0.15, -0.1) is 0 Å². The van der Waals surface area contributed by atoms with Crippen molar-refractivity contribution in [2.75, 3.05) is 19.8 Å². The molecule has 16 heavy (non-hydrogen) atoms. The fraction of sp³-hybridized carbons (Fsp3) is 0.538. The maximum Gasteiger partial charge on any atom is 0.120 e. The van der Waals surface area contributed by atoms with Crippen molar-refractivity contribution in [3.05, 3.63) is 29.3 Å². The van der Waals surface area contributed by atoms with E-state index in [0.717, 1.165) is 18.8 Å². The Bertz CT molecular complexity index is 300. The maximum absolute atomic E-state index is 5.83. The zero-order chi connectivity index (χ0) is 11.8. The summed E-state index contributed by atoms with van der Waals surface area (Å²) in [6, 6.07) is 7.39. The molecule has 0 aliphatic carbocycles. The van der Waals surface area contributed by atoms with Gasteiger partial charge in [-0.1, -0.05) is 31.5 Å². The normalized spacial score (nSPS) is 10.8. The summed E-state index contributed by atoms with van der Waals surface area (Å²) in [6.45, 7) is 6.37. The van der Waals surface area contributed by atoms with Crippen LogP contribution in [0.1, 0.15) is 20.3 Å². The van der Waals surface area contributed by atoms with Crippen LogP contribution in [-0.2, 0) is 4.74 Å². The Morgan fingerprint density at radius 1 is 1.19 bits per heavy atom. The molecule has 0 amide bonds. The number of benzene rings is 1. The van der Waals surface area contributed by atoms with Gasteiger partial charge in [0, 0.05) is 11.6 Å². The van der Waals surface area contributed by atoms with Crippen LogP contribution in [0.5, 0.6) is 5.75 Å². The average molecular weight is 243 g/mol. The Labute approximate surface area is 103 Å². The minimum Gasteiger partial charge on any atom is -0.491 e. The van der Waals surface area contributed by atoms with Crippen molar-refractivity contribution < 1.29 is 9.47 Å². The van der Waals surface area contributed by atoms with E-state index in [-0.39, 0.29) is 0 Å². The van der Waals surface area contributed by atoms with Gasteiger partial charge in [-0.25, -0.2) is 0 Å². The molecule has 0 radical (unpaired) electrons. The molecule has 0 spiro atoms. The SMILES string of the molecule is CC(C)CCOCCOc1cccc(Cl)c1. The molecular formula is C13H19ClO2. The van der Waals surface area contributed by atoms with Crippen LogP contribution in [0, 0.1) is 5.92 Å². The molecule has 3 heteroatoms. The van der Waals surface area contributed by atoms with E-state index in [1.165, 1.54) is 0 Å². The Kier molecular flexibility index (Phi) is 6.27. The first-order valence-corrected chi connectivity index (χ1v) is 6.02. The maximum atomic E-state index is 5.83. The predicted molar refractivity (Wildman–Crippen MR) is 67.2 cm³/mol. The van der Waals surface area contributed by atoms with E-state index in [9.17, 15) is 0 Å². The van der Waals surface area contributed by atoms with Crippen LogP contribution in [0.2, 0.25) is 5.02 Å². The lowest BCUT2D eigenvalue weighted by molar-refractivity contribution is 0.0926. The lowest BCUT2D eigenvalue weighted by atomic mass is 10.1. The topological polar surface area (TPSA) is 18.5 Å². The summed E-state index contributed by atoms with van der Waals surface area (Å²) in [4.78, 5) is 0. The van der Waals surface area contributed by atoms with Crippen molar-refractivity contribution >= 4 is 11.6 Å². The van der Waals surface area contributed by atoms with Gasteiger partial charge in [0.1, 0.15) is 12.4 Å². The third-order valence-corrected chi connectivity index (χ3v) is 2.37. The monoisotopic (exact) mass is 242 g/mol. The summed E-state index contributed by atoms with van der Waals surface area (Å²) in [5.74, 6) is 1.48. The Balaban J connectivity index is 2.07. The molecule has 1 aromatic carbocycles. The number of hydrogen-bond donors (Lipinski definition) is 0. The largest absolute Gasteiger partial charge is 0.491 e. The van der Waals surface area contributed by atoms with Gasteiger partial charge in [-0.2, -0.15) is 0 Å². The smallest absolute Gasteiger partial charge is 0.120 e. The number of hydrogen-bond acceptors (Lipinski definition) is 2. The molecule has 0 aliphatic heterocycles. The molecular weight excluding hydrogens is 224 g/mol. The van der Waals surface area contributed by atoms with Crippen LogP contribution in [-0.4, -0.2) is 19.8 Å². The van der Waals surface area contributed by atoms with Gasteiger partial charge >= 0.3 is 0 Å². The summed E-state index contributed by atoms with van der Waals surface area (Å²) in [5, 5.41) is 0.693. The second-order valence-electron chi connectivity index (χ2n) is 4.10. The molecule has 0 N–H and O–H groups in total. The first-order chi connectivity index (χ1) is 7.68. The first-order valence-electron chi connectivity index (χ1n) is 5.64. The molecule has 0 saturated carbocycles. The van der Waals surface area contributed by atoms with Gasteiger partial charge < -0.3 is 9.47 Å². The van der Waals surface area contributed by atoms with Crippen molar-refractivity contribution in [3.8, 4) is 5.75 Å². The van der Waals surface area contributed by atoms with Gasteiger partial charge in [0.05, 0.1) is 6.61 Å². The van der Waals surface area contributed by atoms with Gasteiger partial charge in [-0.3, -0.25) is 0 Å². The lowest BCUT2D eigenvalue weighted by Gasteiger charge is -2.08. The van der Waals surface area contributed by atoms with E-state index >= 15 is 0 Å². The third kappa shape index (κ3) is 5.99. The highest BCUT2D eigenvalue weighted by atomic mass is 35.5. The summed E-state index contributed by atoms with van der Waals surface area (Å²) in [7, 11) is 0. The van der Waals surface area contributed by atoms with Crippen molar-refractivity contribution in [3.63, 3.8) is 0 Å². The van der Waals surface area contributed by atoms with Crippen LogP contribution < -0.4 is 4.74 Å². The third-order valence-electron chi connectivity index (χ3n) is 2.13. The fourth-order valence-corrected chi connectivity index (χ4v) is 1.38. The van der Waals surface area contributed by atoms with Gasteiger partial charge in [0.15, 0.2) is 0 Å². The van der Waals surface area contributed by atoms with Crippen molar-refractivity contribution in [2.24, 2.45) is 5.92 Å². The molecule has 0 saturated heterocycles. The van der Waals surface area contributed by atoms with Crippen molar-refractivity contribution in [1.82, 2.24) is 0 Å². The minimum atomic E-state index is 0.568. The van der Waals surface area contributed by atoms with Crippen LogP contribution in [0.4, 0.5) is 0 Å². The summed E-state index contributed by atoms with van der Waals surface area (Å²) >= 11 is 5.83. The molecule has 0 aliphatic rings. The van der Waals surface area contributed by atoms with Crippen molar-refractivity contribution in [2.45, 2.75) is 20.3 Å². The van der Waals surface area contributed by atoms with Crippen LogP contribution >= 0.6 is 11.6 Å². The van der Waals surface area contributed by atoms with Crippen molar-refractivity contribution in [1.29, 1.82) is 0 Å². The molecule has 0 atom stereocenters. The Hall–Kier alpha value is -0.730. The van der Waals surface area contributed by atoms with E-state index in [2.05, 4.69) is 13.8 Å². The second-order valence-corrected chi connectivity index (χ2v) is 4.54. The standard InChI is InChI=1S/C13H19ClO2/c1-11(2)6-7-15-8-9-16-13-5-3-4-12(14)10-13/h3-5,10-11H,6-9H2,1-2H3. The predicted octanol–water partition coefficient (Wildman–Crippen LogP) is 3.78. The van der Waals surface area contributed by atoms with Crippen LogP contribution in [0.25, 0.3) is 0 Å². The van der Waals surface area contributed by atoms with E-state index < -0.39 is 0 Å². The van der Waals surface area contributed by atoms with Gasteiger partial charge in [0.25, 0.3) is 0 Å². The quantitative estimate of drug-likeness (QED) is 0.678. The molecule has 0 aromatic heterocycles. The Morgan fingerprint density at radius 3 is 2.69 bits per heavy atom. The van der Waals surface area contributed by atoms with Crippen LogP contribution in [0.3, 0.4) is 0 Å². The zero-order valence-electron chi connectivity index (χ0n) is 9.91. The zero-order valence-corrected chi connectivity index (χ0v) is 10.7. The number of ether oxygens (including phenoxy) is 2. The molecule has 1 rings (SSSR count). The van der Waals surface area contributed by atoms with E-state index in [0.29, 0.717) is 24.2 Å². The molecule has 2 nitrogen and oxygen atoms in total. The average Bonchev–Trinajstić information content (AvgIpc) is 2.23. The summed E-state index contributed by atoms with van der Waals surface area (Å²) in [6.07, 6.45) is 1.09. The second kappa shape index (κ2) is 7.53. The summed E-state index contributed by atoms with van der Waals surface area (Å²) < 4.78 is 10.9. The molecule has 0 heterocycles. The molecule has 1 aromatic rings. The van der Waals surface area contributed by atoms with E-state index in [1.807, 2.05) is 18.2 Å². The summed E-state index contributed by atoms with van der Waals surface area (Å²) in [5.41, 5.74) is 0. The molecule has 0 bridgehead atoms. The number of rotatable bonds is 7. The van der Waals surface area contributed by atoms with Crippen LogP contribution in [0.15, 0.2) is 24.3 Å².